The van der Waals surface area contributed by atoms with Gasteiger partial charge in [0.05, 0.1) is 0 Å². The smallest absolute Gasteiger partial charge is 0.0406 e. The highest BCUT2D eigenvalue weighted by molar-refractivity contribution is 6.31. The summed E-state index contributed by atoms with van der Waals surface area (Å²) >= 11 is 18.1. The van der Waals surface area contributed by atoms with E-state index in [9.17, 15) is 0 Å². The zero-order chi connectivity index (χ0) is 16.7. The Labute approximate surface area is 157 Å². The first kappa shape index (κ1) is 16.0. The SMILES string of the molecule is Clc1ccc(C2C(c3ccc(Cl)cc3)C2c2ccc(Cl)cc2)cc1. The molecular weight excluding hydrogens is 359 g/mol. The zero-order valence-electron chi connectivity index (χ0n) is 12.8. The second-order valence-corrected chi connectivity index (χ2v) is 7.54. The minimum Gasteiger partial charge on any atom is -0.0843 e. The summed E-state index contributed by atoms with van der Waals surface area (Å²) in [6.07, 6.45) is 0. The van der Waals surface area contributed by atoms with Crippen LogP contribution in [0.25, 0.3) is 0 Å². The van der Waals surface area contributed by atoms with Crippen molar-refractivity contribution in [2.24, 2.45) is 0 Å². The van der Waals surface area contributed by atoms with Gasteiger partial charge in [0.1, 0.15) is 0 Å². The number of benzene rings is 3. The van der Waals surface area contributed by atoms with Crippen molar-refractivity contribution in [2.75, 3.05) is 0 Å². The highest BCUT2D eigenvalue weighted by Crippen LogP contribution is 2.66. The molecule has 1 aliphatic carbocycles. The van der Waals surface area contributed by atoms with E-state index in [0.717, 1.165) is 15.1 Å². The Morgan fingerprint density at radius 2 is 0.583 bits per heavy atom. The number of hydrogen-bond donors (Lipinski definition) is 0. The fraction of sp³-hybridized carbons (Fsp3) is 0.143. The summed E-state index contributed by atoms with van der Waals surface area (Å²) in [5, 5.41) is 2.31. The first-order valence-electron chi connectivity index (χ1n) is 7.90. The van der Waals surface area contributed by atoms with Crippen LogP contribution in [0.5, 0.6) is 0 Å². The molecule has 0 aromatic heterocycles. The largest absolute Gasteiger partial charge is 0.0843 e. The average Bonchev–Trinajstić information content (AvgIpc) is 3.32. The van der Waals surface area contributed by atoms with Gasteiger partial charge in [-0.1, -0.05) is 71.2 Å². The van der Waals surface area contributed by atoms with Gasteiger partial charge in [0.2, 0.25) is 0 Å². The molecule has 1 fully saturated rings. The lowest BCUT2D eigenvalue weighted by molar-refractivity contribution is 1.03. The lowest BCUT2D eigenvalue weighted by Crippen LogP contribution is -1.84. The lowest BCUT2D eigenvalue weighted by Gasteiger charge is -2.01. The van der Waals surface area contributed by atoms with Crippen LogP contribution < -0.4 is 0 Å². The van der Waals surface area contributed by atoms with E-state index in [4.69, 9.17) is 34.8 Å². The molecule has 3 aromatic carbocycles. The maximum atomic E-state index is 6.05. The molecule has 0 aliphatic heterocycles. The molecule has 1 aliphatic rings. The highest BCUT2D eigenvalue weighted by Gasteiger charge is 2.52. The van der Waals surface area contributed by atoms with Crippen molar-refractivity contribution < 1.29 is 0 Å². The zero-order valence-corrected chi connectivity index (χ0v) is 15.1. The van der Waals surface area contributed by atoms with Crippen LogP contribution in [-0.4, -0.2) is 0 Å². The summed E-state index contributed by atoms with van der Waals surface area (Å²) in [6.45, 7) is 0. The van der Waals surface area contributed by atoms with Crippen LogP contribution in [0.1, 0.15) is 34.4 Å². The molecule has 3 aromatic rings. The van der Waals surface area contributed by atoms with Gasteiger partial charge in [-0.25, -0.2) is 0 Å². The normalized spacial score (nSPS) is 22.4. The molecular formula is C21H15Cl3. The van der Waals surface area contributed by atoms with E-state index in [-0.39, 0.29) is 0 Å². The quantitative estimate of drug-likeness (QED) is 0.451. The summed E-state index contributed by atoms with van der Waals surface area (Å²) in [7, 11) is 0. The van der Waals surface area contributed by atoms with Crippen molar-refractivity contribution in [2.45, 2.75) is 17.8 Å². The third-order valence-electron chi connectivity index (χ3n) is 4.78. The molecule has 4 rings (SSSR count). The van der Waals surface area contributed by atoms with Crippen LogP contribution in [0.3, 0.4) is 0 Å². The van der Waals surface area contributed by atoms with Crippen LogP contribution in [0, 0.1) is 0 Å². The molecule has 0 heterocycles. The minimum absolute atomic E-state index is 0.449. The lowest BCUT2D eigenvalue weighted by atomic mass is 10.0. The van der Waals surface area contributed by atoms with Crippen LogP contribution >= 0.6 is 34.8 Å². The van der Waals surface area contributed by atoms with Gasteiger partial charge >= 0.3 is 0 Å². The predicted molar refractivity (Wildman–Crippen MR) is 103 cm³/mol. The van der Waals surface area contributed by atoms with Crippen LogP contribution in [0.15, 0.2) is 72.8 Å². The van der Waals surface area contributed by atoms with Gasteiger partial charge in [0.25, 0.3) is 0 Å². The summed E-state index contributed by atoms with van der Waals surface area (Å²) < 4.78 is 0. The first-order valence-corrected chi connectivity index (χ1v) is 9.03. The van der Waals surface area contributed by atoms with Crippen molar-refractivity contribution in [3.05, 3.63) is 105 Å². The number of hydrogen-bond acceptors (Lipinski definition) is 0. The monoisotopic (exact) mass is 372 g/mol. The maximum absolute atomic E-state index is 6.05. The number of rotatable bonds is 3. The summed E-state index contributed by atoms with van der Waals surface area (Å²) in [6, 6.07) is 24.6. The van der Waals surface area contributed by atoms with Crippen molar-refractivity contribution in [1.82, 2.24) is 0 Å². The van der Waals surface area contributed by atoms with E-state index in [0.29, 0.717) is 17.8 Å². The molecule has 3 heteroatoms. The second-order valence-electron chi connectivity index (χ2n) is 6.23. The fourth-order valence-electron chi connectivity index (χ4n) is 3.61. The molecule has 0 N–H and O–H groups in total. The topological polar surface area (TPSA) is 0 Å². The molecule has 0 bridgehead atoms. The van der Waals surface area contributed by atoms with E-state index in [1.165, 1.54) is 16.7 Å². The minimum atomic E-state index is 0.449. The Kier molecular flexibility index (Phi) is 4.30. The molecule has 0 radical (unpaired) electrons. The van der Waals surface area contributed by atoms with E-state index in [1.54, 1.807) is 0 Å². The van der Waals surface area contributed by atoms with E-state index in [2.05, 4.69) is 36.4 Å². The van der Waals surface area contributed by atoms with Crippen LogP contribution in [0.4, 0.5) is 0 Å². The molecule has 0 amide bonds. The maximum Gasteiger partial charge on any atom is 0.0406 e. The predicted octanol–water partition coefficient (Wildman–Crippen LogP) is 7.31. The molecule has 1 saturated carbocycles. The van der Waals surface area contributed by atoms with Gasteiger partial charge < -0.3 is 0 Å². The Morgan fingerprint density at radius 1 is 0.375 bits per heavy atom. The Morgan fingerprint density at radius 3 is 0.792 bits per heavy atom. The summed E-state index contributed by atoms with van der Waals surface area (Å²) in [5.41, 5.74) is 3.96. The fourth-order valence-corrected chi connectivity index (χ4v) is 3.99. The van der Waals surface area contributed by atoms with Crippen molar-refractivity contribution in [3.8, 4) is 0 Å². The van der Waals surface area contributed by atoms with Crippen LogP contribution in [0.2, 0.25) is 15.1 Å². The first-order chi connectivity index (χ1) is 11.6. The standard InChI is InChI=1S/C21H15Cl3/c22-16-7-1-13(2-8-16)19-20(14-3-9-17(23)10-4-14)21(19)15-5-11-18(24)12-6-15/h1-12,19-21H. The highest BCUT2D eigenvalue weighted by atomic mass is 35.5. The Hall–Kier alpha value is -1.47. The molecule has 0 nitrogen and oxygen atoms in total. The van der Waals surface area contributed by atoms with Crippen molar-refractivity contribution in [1.29, 1.82) is 0 Å². The van der Waals surface area contributed by atoms with Crippen LogP contribution in [-0.2, 0) is 0 Å². The third kappa shape index (κ3) is 3.07. The summed E-state index contributed by atoms with van der Waals surface area (Å²) in [4.78, 5) is 0. The summed E-state index contributed by atoms with van der Waals surface area (Å²) in [5.74, 6) is 1.35. The Balaban J connectivity index is 1.72. The molecule has 0 saturated heterocycles. The van der Waals surface area contributed by atoms with Crippen molar-refractivity contribution >= 4 is 34.8 Å². The third-order valence-corrected chi connectivity index (χ3v) is 5.54. The molecule has 120 valence electrons. The average molecular weight is 374 g/mol. The van der Waals surface area contributed by atoms with Crippen molar-refractivity contribution in [3.63, 3.8) is 0 Å². The molecule has 24 heavy (non-hydrogen) atoms. The Bertz CT molecular complexity index is 712. The van der Waals surface area contributed by atoms with Gasteiger partial charge in [0, 0.05) is 15.1 Å². The molecule has 0 unspecified atom stereocenters. The van der Waals surface area contributed by atoms with E-state index in [1.807, 2.05) is 36.4 Å². The van der Waals surface area contributed by atoms with Gasteiger partial charge in [-0.15, -0.1) is 0 Å². The number of halogens is 3. The molecule has 0 atom stereocenters. The van der Waals surface area contributed by atoms with Gasteiger partial charge in [-0.2, -0.15) is 0 Å². The second kappa shape index (κ2) is 6.44. The van der Waals surface area contributed by atoms with Gasteiger partial charge in [-0.3, -0.25) is 0 Å². The van der Waals surface area contributed by atoms with E-state index >= 15 is 0 Å². The van der Waals surface area contributed by atoms with Gasteiger partial charge in [0.15, 0.2) is 0 Å². The molecule has 0 spiro atoms. The van der Waals surface area contributed by atoms with Gasteiger partial charge in [-0.05, 0) is 70.8 Å². The van der Waals surface area contributed by atoms with E-state index < -0.39 is 0 Å².